The van der Waals surface area contributed by atoms with Gasteiger partial charge in [-0.1, -0.05) is 22.0 Å². The Morgan fingerprint density at radius 3 is 2.61 bits per heavy atom. The van der Waals surface area contributed by atoms with Crippen molar-refractivity contribution in [2.24, 2.45) is 0 Å². The second kappa shape index (κ2) is 5.98. The highest BCUT2D eigenvalue weighted by molar-refractivity contribution is 9.10. The van der Waals surface area contributed by atoms with Crippen molar-refractivity contribution in [3.05, 3.63) is 56.7 Å². The van der Waals surface area contributed by atoms with Crippen LogP contribution in [0.4, 0.5) is 5.69 Å². The van der Waals surface area contributed by atoms with Crippen LogP contribution in [0.1, 0.15) is 11.8 Å². The van der Waals surface area contributed by atoms with Crippen LogP contribution < -0.4 is 5.32 Å². The van der Waals surface area contributed by atoms with Gasteiger partial charge in [0.1, 0.15) is 0 Å². The number of halogens is 1. The van der Waals surface area contributed by atoms with E-state index in [1.807, 2.05) is 54.8 Å². The number of anilines is 1. The topological polar surface area (TPSA) is 29.1 Å². The number of nitrogens with one attached hydrogen (secondary N) is 1. The van der Waals surface area contributed by atoms with Crippen LogP contribution in [0.5, 0.6) is 0 Å². The second-order valence-electron chi connectivity index (χ2n) is 3.80. The van der Waals surface area contributed by atoms with Crippen molar-refractivity contribution in [3.63, 3.8) is 0 Å². The molecule has 0 aliphatic carbocycles. The maximum Gasteiger partial charge on any atom is 0.251 e. The smallest absolute Gasteiger partial charge is 0.251 e. The molecular formula is C14H12BrNOS. The van der Waals surface area contributed by atoms with Crippen molar-refractivity contribution in [1.29, 1.82) is 0 Å². The molecule has 4 heteroatoms. The Balaban J connectivity index is 2.06. The third-order valence-electron chi connectivity index (χ3n) is 2.36. The van der Waals surface area contributed by atoms with E-state index >= 15 is 0 Å². The molecule has 0 aliphatic heterocycles. The van der Waals surface area contributed by atoms with Gasteiger partial charge in [0.05, 0.1) is 0 Å². The quantitative estimate of drug-likeness (QED) is 0.825. The highest BCUT2D eigenvalue weighted by Gasteiger charge is 2.05. The number of thiophene rings is 1. The van der Waals surface area contributed by atoms with Gasteiger partial charge < -0.3 is 5.32 Å². The Hall–Kier alpha value is -1.39. The second-order valence-corrected chi connectivity index (χ2v) is 5.70. The highest BCUT2D eigenvalue weighted by atomic mass is 79.9. The molecule has 2 aromatic rings. The van der Waals surface area contributed by atoms with Gasteiger partial charge in [0.2, 0.25) is 0 Å². The minimum Gasteiger partial charge on any atom is -0.322 e. The summed E-state index contributed by atoms with van der Waals surface area (Å²) in [6.45, 7) is 1.81. The van der Waals surface area contributed by atoms with E-state index in [4.69, 9.17) is 0 Å². The van der Waals surface area contributed by atoms with Crippen molar-refractivity contribution < 1.29 is 4.79 Å². The van der Waals surface area contributed by atoms with Gasteiger partial charge in [0.25, 0.3) is 5.91 Å². The summed E-state index contributed by atoms with van der Waals surface area (Å²) in [5.41, 5.74) is 1.49. The van der Waals surface area contributed by atoms with Crippen LogP contribution in [0.15, 0.2) is 51.8 Å². The molecule has 0 radical (unpaired) electrons. The van der Waals surface area contributed by atoms with Crippen LogP contribution in [0, 0.1) is 0 Å². The Labute approximate surface area is 118 Å². The third-order valence-corrected chi connectivity index (χ3v) is 3.71. The molecule has 0 saturated carbocycles. The van der Waals surface area contributed by atoms with Crippen molar-refractivity contribution in [1.82, 2.24) is 0 Å². The lowest BCUT2D eigenvalue weighted by molar-refractivity contribution is -0.112. The number of carbonyl (C=O) groups excluding carboxylic acids is 1. The fourth-order valence-electron chi connectivity index (χ4n) is 1.42. The molecule has 1 amide bonds. The molecule has 0 spiro atoms. The largest absolute Gasteiger partial charge is 0.322 e. The number of rotatable bonds is 3. The van der Waals surface area contributed by atoms with Gasteiger partial charge in [0, 0.05) is 20.6 Å². The normalized spacial score (nSPS) is 11.3. The molecule has 1 aromatic carbocycles. The first-order chi connectivity index (χ1) is 8.65. The lowest BCUT2D eigenvalue weighted by atomic mass is 10.2. The molecule has 18 heavy (non-hydrogen) atoms. The summed E-state index contributed by atoms with van der Waals surface area (Å²) < 4.78 is 0.992. The van der Waals surface area contributed by atoms with Crippen LogP contribution in [-0.4, -0.2) is 5.91 Å². The minimum atomic E-state index is -0.0780. The average Bonchev–Trinajstić information content (AvgIpc) is 2.85. The summed E-state index contributed by atoms with van der Waals surface area (Å²) in [6, 6.07) is 11.5. The Kier molecular flexibility index (Phi) is 4.33. The lowest BCUT2D eigenvalue weighted by Gasteiger charge is -2.05. The van der Waals surface area contributed by atoms with E-state index in [0.29, 0.717) is 5.57 Å². The van der Waals surface area contributed by atoms with E-state index in [1.165, 1.54) is 0 Å². The minimum absolute atomic E-state index is 0.0780. The molecule has 2 rings (SSSR count). The molecule has 0 fully saturated rings. The van der Waals surface area contributed by atoms with Crippen molar-refractivity contribution in [3.8, 4) is 0 Å². The van der Waals surface area contributed by atoms with Gasteiger partial charge in [-0.25, -0.2) is 0 Å². The molecule has 92 valence electrons. The molecule has 0 bridgehead atoms. The molecule has 0 atom stereocenters. The zero-order chi connectivity index (χ0) is 13.0. The number of benzene rings is 1. The van der Waals surface area contributed by atoms with Crippen LogP contribution in [0.2, 0.25) is 0 Å². The van der Waals surface area contributed by atoms with Gasteiger partial charge in [-0.15, -0.1) is 11.3 Å². The monoisotopic (exact) mass is 321 g/mol. The van der Waals surface area contributed by atoms with Gasteiger partial charge in [-0.05, 0) is 48.7 Å². The summed E-state index contributed by atoms with van der Waals surface area (Å²) in [5.74, 6) is -0.0780. The molecule has 0 aliphatic rings. The molecule has 0 unspecified atom stereocenters. The predicted octanol–water partition coefficient (Wildman–Crippen LogP) is 4.55. The maximum absolute atomic E-state index is 11.9. The van der Waals surface area contributed by atoms with Crippen LogP contribution in [0.3, 0.4) is 0 Å². The Bertz CT molecular complexity index is 558. The van der Waals surface area contributed by atoms with Gasteiger partial charge >= 0.3 is 0 Å². The number of amides is 1. The lowest BCUT2D eigenvalue weighted by Crippen LogP contribution is -2.12. The van der Waals surface area contributed by atoms with E-state index in [-0.39, 0.29) is 5.91 Å². The first-order valence-corrected chi connectivity index (χ1v) is 7.11. The summed E-state index contributed by atoms with van der Waals surface area (Å²) >= 11 is 4.97. The van der Waals surface area contributed by atoms with Crippen LogP contribution in [-0.2, 0) is 4.79 Å². The molecular weight excluding hydrogens is 310 g/mol. The first-order valence-electron chi connectivity index (χ1n) is 5.44. The number of hydrogen-bond acceptors (Lipinski definition) is 2. The molecule has 0 saturated heterocycles. The summed E-state index contributed by atoms with van der Waals surface area (Å²) in [7, 11) is 0. The number of hydrogen-bond donors (Lipinski definition) is 1. The predicted molar refractivity (Wildman–Crippen MR) is 80.7 cm³/mol. The van der Waals surface area contributed by atoms with Gasteiger partial charge in [-0.2, -0.15) is 0 Å². The zero-order valence-corrected chi connectivity index (χ0v) is 12.2. The van der Waals surface area contributed by atoms with Crippen LogP contribution in [0.25, 0.3) is 6.08 Å². The van der Waals surface area contributed by atoms with Crippen molar-refractivity contribution in [2.75, 3.05) is 5.32 Å². The molecule has 2 nitrogen and oxygen atoms in total. The fourth-order valence-corrected chi connectivity index (χ4v) is 2.40. The maximum atomic E-state index is 11.9. The summed E-state index contributed by atoms with van der Waals surface area (Å²) in [5, 5.41) is 4.85. The van der Waals surface area contributed by atoms with E-state index in [9.17, 15) is 4.79 Å². The zero-order valence-electron chi connectivity index (χ0n) is 9.81. The van der Waals surface area contributed by atoms with E-state index in [0.717, 1.165) is 15.0 Å². The Morgan fingerprint density at radius 1 is 1.28 bits per heavy atom. The molecule has 1 heterocycles. The standard InChI is InChI=1S/C14H12BrNOS/c1-10(9-13-3-2-8-18-13)14(17)16-12-6-4-11(15)5-7-12/h2-9H,1H3,(H,16,17)/b10-9+. The first kappa shape index (κ1) is 13.1. The third kappa shape index (κ3) is 3.55. The average molecular weight is 322 g/mol. The van der Waals surface area contributed by atoms with Crippen molar-refractivity contribution >= 4 is 44.9 Å². The van der Waals surface area contributed by atoms with E-state index in [1.54, 1.807) is 11.3 Å². The van der Waals surface area contributed by atoms with Crippen molar-refractivity contribution in [2.45, 2.75) is 6.92 Å². The summed E-state index contributed by atoms with van der Waals surface area (Å²) in [6.07, 6.45) is 1.89. The summed E-state index contributed by atoms with van der Waals surface area (Å²) in [4.78, 5) is 13.0. The molecule has 1 aromatic heterocycles. The SMILES string of the molecule is C/C(=C\c1cccs1)C(=O)Nc1ccc(Br)cc1. The highest BCUT2D eigenvalue weighted by Crippen LogP contribution is 2.16. The van der Waals surface area contributed by atoms with E-state index < -0.39 is 0 Å². The van der Waals surface area contributed by atoms with Crippen LogP contribution >= 0.6 is 27.3 Å². The molecule has 1 N–H and O–H groups in total. The van der Waals surface area contributed by atoms with E-state index in [2.05, 4.69) is 21.2 Å². The number of carbonyl (C=O) groups is 1. The fraction of sp³-hybridized carbons (Fsp3) is 0.0714. The van der Waals surface area contributed by atoms with Gasteiger partial charge in [0.15, 0.2) is 0 Å². The van der Waals surface area contributed by atoms with Gasteiger partial charge in [-0.3, -0.25) is 4.79 Å². The Morgan fingerprint density at radius 2 is 2.00 bits per heavy atom.